The fraction of sp³-hybridized carbons (Fsp3) is 0.429. The van der Waals surface area contributed by atoms with Crippen molar-refractivity contribution in [3.8, 4) is 11.5 Å². The van der Waals surface area contributed by atoms with E-state index in [0.29, 0.717) is 28.5 Å². The van der Waals surface area contributed by atoms with Crippen LogP contribution in [0.1, 0.15) is 39.8 Å². The number of halogens is 1. The number of hydrogen-bond donors (Lipinski definition) is 1. The highest BCUT2D eigenvalue weighted by Crippen LogP contribution is 2.34. The van der Waals surface area contributed by atoms with Gasteiger partial charge in [0.15, 0.2) is 11.5 Å². The number of aromatic nitrogens is 6. The molecule has 0 bridgehead atoms. The van der Waals surface area contributed by atoms with Crippen molar-refractivity contribution in [1.82, 2.24) is 29.7 Å². The second-order valence-corrected chi connectivity index (χ2v) is 8.46. The van der Waals surface area contributed by atoms with Crippen LogP contribution in [0.3, 0.4) is 0 Å². The lowest BCUT2D eigenvalue weighted by Crippen LogP contribution is -2.22. The van der Waals surface area contributed by atoms with Gasteiger partial charge in [-0.05, 0) is 29.9 Å². The second-order valence-electron chi connectivity index (χ2n) is 8.46. The fourth-order valence-electron chi connectivity index (χ4n) is 3.81. The van der Waals surface area contributed by atoms with Gasteiger partial charge in [-0.15, -0.1) is 0 Å². The summed E-state index contributed by atoms with van der Waals surface area (Å²) in [6, 6.07) is 3.49. The Balaban J connectivity index is 1.90. The molecule has 0 aromatic carbocycles. The molecule has 1 N–H and O–H groups in total. The average Bonchev–Trinajstić information content (AvgIpc) is 3.22. The lowest BCUT2D eigenvalue weighted by atomic mass is 9.76. The van der Waals surface area contributed by atoms with Crippen LogP contribution in [0.5, 0.6) is 0 Å². The summed E-state index contributed by atoms with van der Waals surface area (Å²) in [5, 5.41) is 8.77. The van der Waals surface area contributed by atoms with Gasteiger partial charge < -0.3 is 4.57 Å². The van der Waals surface area contributed by atoms with E-state index in [1.54, 1.807) is 0 Å². The highest BCUT2D eigenvalue weighted by atomic mass is 19.1. The van der Waals surface area contributed by atoms with Crippen LogP contribution in [-0.4, -0.2) is 29.7 Å². The van der Waals surface area contributed by atoms with Crippen LogP contribution in [0.2, 0.25) is 0 Å². The van der Waals surface area contributed by atoms with Crippen LogP contribution < -0.4 is 0 Å². The minimum Gasteiger partial charge on any atom is -0.335 e. The monoisotopic (exact) mass is 380 g/mol. The van der Waals surface area contributed by atoms with Crippen LogP contribution >= 0.6 is 0 Å². The summed E-state index contributed by atoms with van der Waals surface area (Å²) in [7, 11) is 1.97. The molecule has 6 nitrogen and oxygen atoms in total. The molecule has 0 fully saturated rings. The maximum absolute atomic E-state index is 13.8. The van der Waals surface area contributed by atoms with Crippen molar-refractivity contribution in [2.75, 3.05) is 0 Å². The molecule has 0 saturated carbocycles. The van der Waals surface area contributed by atoms with Gasteiger partial charge in [0.25, 0.3) is 0 Å². The average molecular weight is 380 g/mol. The molecule has 4 aromatic rings. The first-order valence-corrected chi connectivity index (χ1v) is 9.60. The number of nitrogens with zero attached hydrogens (tertiary/aromatic N) is 5. The lowest BCUT2D eigenvalue weighted by Gasteiger charge is -2.29. The fourth-order valence-corrected chi connectivity index (χ4v) is 3.81. The van der Waals surface area contributed by atoms with Crippen molar-refractivity contribution < 1.29 is 4.39 Å². The molecule has 28 heavy (non-hydrogen) atoms. The third-order valence-electron chi connectivity index (χ3n) is 5.56. The van der Waals surface area contributed by atoms with E-state index < -0.39 is 5.82 Å². The summed E-state index contributed by atoms with van der Waals surface area (Å²) < 4.78 is 15.7. The standard InChI is InChI=1S/C21H25FN6/c1-6-12(21(2,3)4)9-16-14-7-8-28(5)20(14)25-19(24-16)17-15-10-13(22)11-23-18(15)27-26-17/h7-8,10-12H,6,9H2,1-5H3,(H,23,26,27)/t12-/m0/s1. The molecule has 7 heteroatoms. The predicted octanol–water partition coefficient (Wildman–Crippen LogP) is 4.66. The molecular formula is C21H25FN6. The first-order chi connectivity index (χ1) is 13.3. The molecule has 0 unspecified atom stereocenters. The van der Waals surface area contributed by atoms with Gasteiger partial charge in [0, 0.05) is 18.6 Å². The van der Waals surface area contributed by atoms with E-state index in [2.05, 4.69) is 48.9 Å². The van der Waals surface area contributed by atoms with Crippen LogP contribution in [0.25, 0.3) is 33.6 Å². The van der Waals surface area contributed by atoms with Gasteiger partial charge in [-0.25, -0.2) is 19.3 Å². The predicted molar refractivity (Wildman–Crippen MR) is 108 cm³/mol. The van der Waals surface area contributed by atoms with E-state index in [0.717, 1.165) is 35.8 Å². The van der Waals surface area contributed by atoms with Crippen molar-refractivity contribution in [1.29, 1.82) is 0 Å². The Kier molecular flexibility index (Phi) is 4.40. The van der Waals surface area contributed by atoms with E-state index in [4.69, 9.17) is 9.97 Å². The maximum atomic E-state index is 13.8. The summed E-state index contributed by atoms with van der Waals surface area (Å²) in [6.45, 7) is 9.02. The zero-order valence-corrected chi connectivity index (χ0v) is 16.9. The van der Waals surface area contributed by atoms with Crippen molar-refractivity contribution in [2.24, 2.45) is 18.4 Å². The van der Waals surface area contributed by atoms with Crippen LogP contribution in [0.15, 0.2) is 24.5 Å². The summed E-state index contributed by atoms with van der Waals surface area (Å²) in [6.07, 6.45) is 5.08. The number of aryl methyl sites for hydroxylation is 1. The van der Waals surface area contributed by atoms with E-state index in [1.165, 1.54) is 6.07 Å². The molecule has 146 valence electrons. The van der Waals surface area contributed by atoms with Gasteiger partial charge in [0.05, 0.1) is 17.3 Å². The summed E-state index contributed by atoms with van der Waals surface area (Å²) in [4.78, 5) is 13.7. The Labute approximate surface area is 163 Å². The van der Waals surface area contributed by atoms with Gasteiger partial charge in [-0.1, -0.05) is 34.1 Å². The number of nitrogens with one attached hydrogen (secondary N) is 1. The smallest absolute Gasteiger partial charge is 0.181 e. The minimum atomic E-state index is -0.408. The van der Waals surface area contributed by atoms with E-state index >= 15 is 0 Å². The van der Waals surface area contributed by atoms with Crippen molar-refractivity contribution in [2.45, 2.75) is 40.5 Å². The largest absolute Gasteiger partial charge is 0.335 e. The normalized spacial score (nSPS) is 13.5. The third-order valence-corrected chi connectivity index (χ3v) is 5.56. The van der Waals surface area contributed by atoms with Gasteiger partial charge >= 0.3 is 0 Å². The molecule has 0 aliphatic rings. The molecule has 4 aromatic heterocycles. The number of fused-ring (bicyclic) bond motifs is 2. The molecule has 0 amide bonds. The minimum absolute atomic E-state index is 0.175. The molecule has 4 rings (SSSR count). The highest BCUT2D eigenvalue weighted by molar-refractivity contribution is 5.90. The number of hydrogen-bond acceptors (Lipinski definition) is 4. The number of pyridine rings is 1. The number of rotatable bonds is 4. The topological polar surface area (TPSA) is 72.3 Å². The van der Waals surface area contributed by atoms with Gasteiger partial charge in [0.1, 0.15) is 17.2 Å². The Bertz CT molecular complexity index is 1150. The van der Waals surface area contributed by atoms with Crippen LogP contribution in [0, 0.1) is 17.2 Å². The van der Waals surface area contributed by atoms with Gasteiger partial charge in [-0.2, -0.15) is 5.10 Å². The zero-order chi connectivity index (χ0) is 20.1. The molecule has 0 aliphatic heterocycles. The zero-order valence-electron chi connectivity index (χ0n) is 16.9. The Morgan fingerprint density at radius 1 is 1.21 bits per heavy atom. The highest BCUT2D eigenvalue weighted by Gasteiger charge is 2.25. The molecule has 0 saturated heterocycles. The molecule has 0 radical (unpaired) electrons. The first-order valence-electron chi connectivity index (χ1n) is 9.60. The quantitative estimate of drug-likeness (QED) is 0.559. The SMILES string of the molecule is CC[C@@H](Cc1nc(-c2[nH]nc3ncc(F)cc23)nc2c1ccn2C)C(C)(C)C. The van der Waals surface area contributed by atoms with Crippen LogP contribution in [-0.2, 0) is 13.5 Å². The maximum Gasteiger partial charge on any atom is 0.181 e. The van der Waals surface area contributed by atoms with E-state index in [9.17, 15) is 4.39 Å². The molecule has 1 atom stereocenters. The summed E-state index contributed by atoms with van der Waals surface area (Å²) in [5.74, 6) is 0.591. The molecular weight excluding hydrogens is 355 g/mol. The lowest BCUT2D eigenvalue weighted by molar-refractivity contribution is 0.230. The van der Waals surface area contributed by atoms with Crippen molar-refractivity contribution in [3.63, 3.8) is 0 Å². The number of H-pyrrole nitrogens is 1. The van der Waals surface area contributed by atoms with Crippen molar-refractivity contribution in [3.05, 3.63) is 36.0 Å². The van der Waals surface area contributed by atoms with Crippen molar-refractivity contribution >= 4 is 22.1 Å². The number of aromatic amines is 1. The van der Waals surface area contributed by atoms with Gasteiger partial charge in [-0.3, -0.25) is 5.10 Å². The Morgan fingerprint density at radius 3 is 2.71 bits per heavy atom. The van der Waals surface area contributed by atoms with Crippen LogP contribution in [0.4, 0.5) is 4.39 Å². The van der Waals surface area contributed by atoms with E-state index in [1.807, 2.05) is 17.8 Å². The Morgan fingerprint density at radius 2 is 2.00 bits per heavy atom. The second kappa shape index (κ2) is 6.65. The molecule has 0 spiro atoms. The first kappa shape index (κ1) is 18.5. The molecule has 4 heterocycles. The summed E-state index contributed by atoms with van der Waals surface area (Å²) in [5.41, 5.74) is 3.09. The molecule has 0 aliphatic carbocycles. The third kappa shape index (κ3) is 3.15. The van der Waals surface area contributed by atoms with E-state index in [-0.39, 0.29) is 5.41 Å². The van der Waals surface area contributed by atoms with Gasteiger partial charge in [0.2, 0.25) is 0 Å². The summed E-state index contributed by atoms with van der Waals surface area (Å²) >= 11 is 0. The Hall–Kier alpha value is -2.83.